The third-order valence-electron chi connectivity index (χ3n) is 5.09. The molecule has 148 valence electrons. The predicted octanol–water partition coefficient (Wildman–Crippen LogP) is 0.0212. The smallest absolute Gasteiger partial charge is 0.251 e. The largest absolute Gasteiger partial charge is 0.349 e. The Morgan fingerprint density at radius 1 is 1.11 bits per heavy atom. The Balaban J connectivity index is 1.70. The number of carbonyl (C=O) groups is 2. The number of sulfonamides is 1. The van der Waals surface area contributed by atoms with Gasteiger partial charge in [-0.05, 0) is 44.1 Å². The number of benzene rings is 1. The Morgan fingerprint density at radius 2 is 1.78 bits per heavy atom. The SMILES string of the molecule is CC(=O)N1CCN(S(=O)(=O)c2cccc(C(=O)NC3CCNCC3)c2)CC1. The highest BCUT2D eigenvalue weighted by molar-refractivity contribution is 7.89. The van der Waals surface area contributed by atoms with Gasteiger partial charge >= 0.3 is 0 Å². The Labute approximate surface area is 160 Å². The van der Waals surface area contributed by atoms with Crippen LogP contribution in [0.3, 0.4) is 0 Å². The quantitative estimate of drug-likeness (QED) is 0.750. The summed E-state index contributed by atoms with van der Waals surface area (Å²) in [4.78, 5) is 25.7. The summed E-state index contributed by atoms with van der Waals surface area (Å²) in [6.45, 7) is 4.49. The summed E-state index contributed by atoms with van der Waals surface area (Å²) in [6.07, 6.45) is 1.73. The lowest BCUT2D eigenvalue weighted by Gasteiger charge is -2.33. The van der Waals surface area contributed by atoms with E-state index in [9.17, 15) is 18.0 Å². The zero-order chi connectivity index (χ0) is 19.4. The highest BCUT2D eigenvalue weighted by Crippen LogP contribution is 2.19. The normalized spacial score (nSPS) is 19.7. The average Bonchev–Trinajstić information content (AvgIpc) is 2.69. The molecular weight excluding hydrogens is 368 g/mol. The van der Waals surface area contributed by atoms with Crippen LogP contribution in [0, 0.1) is 0 Å². The lowest BCUT2D eigenvalue weighted by atomic mass is 10.1. The second kappa shape index (κ2) is 8.37. The van der Waals surface area contributed by atoms with Crippen molar-refractivity contribution in [3.8, 4) is 0 Å². The molecule has 3 rings (SSSR count). The molecule has 8 nitrogen and oxygen atoms in total. The molecular formula is C18H26N4O4S. The molecule has 2 N–H and O–H groups in total. The summed E-state index contributed by atoms with van der Waals surface area (Å²) in [5.74, 6) is -0.302. The van der Waals surface area contributed by atoms with Gasteiger partial charge in [-0.2, -0.15) is 4.31 Å². The summed E-state index contributed by atoms with van der Waals surface area (Å²) >= 11 is 0. The Hall–Kier alpha value is -1.97. The minimum absolute atomic E-state index is 0.0522. The van der Waals surface area contributed by atoms with Gasteiger partial charge in [-0.1, -0.05) is 6.07 Å². The van der Waals surface area contributed by atoms with Gasteiger partial charge in [-0.25, -0.2) is 8.42 Å². The zero-order valence-corrected chi connectivity index (χ0v) is 16.3. The van der Waals surface area contributed by atoms with Crippen LogP contribution in [-0.4, -0.2) is 74.7 Å². The molecule has 2 amide bonds. The standard InChI is InChI=1S/C18H26N4O4S/c1-14(23)21-9-11-22(12-10-21)27(25,26)17-4-2-3-15(13-17)18(24)20-16-5-7-19-8-6-16/h2-4,13,16,19H,5-12H2,1H3,(H,20,24). The van der Waals surface area contributed by atoms with Crippen LogP contribution in [0.2, 0.25) is 0 Å². The molecule has 0 atom stereocenters. The number of nitrogens with zero attached hydrogens (tertiary/aromatic N) is 2. The molecule has 1 aromatic carbocycles. The fourth-order valence-corrected chi connectivity index (χ4v) is 4.89. The molecule has 0 aromatic heterocycles. The van der Waals surface area contributed by atoms with Crippen molar-refractivity contribution in [3.63, 3.8) is 0 Å². The maximum absolute atomic E-state index is 12.9. The van der Waals surface area contributed by atoms with Crippen molar-refractivity contribution in [1.29, 1.82) is 0 Å². The second-order valence-electron chi connectivity index (χ2n) is 6.94. The van der Waals surface area contributed by atoms with Gasteiger partial charge in [0.1, 0.15) is 0 Å². The first-order valence-electron chi connectivity index (χ1n) is 9.25. The minimum atomic E-state index is -3.69. The molecule has 0 bridgehead atoms. The van der Waals surface area contributed by atoms with Crippen LogP contribution in [-0.2, 0) is 14.8 Å². The molecule has 2 saturated heterocycles. The molecule has 0 unspecified atom stereocenters. The fraction of sp³-hybridized carbons (Fsp3) is 0.556. The number of nitrogens with one attached hydrogen (secondary N) is 2. The van der Waals surface area contributed by atoms with E-state index in [0.717, 1.165) is 25.9 Å². The van der Waals surface area contributed by atoms with Crippen LogP contribution >= 0.6 is 0 Å². The molecule has 2 fully saturated rings. The van der Waals surface area contributed by atoms with Crippen molar-refractivity contribution in [2.24, 2.45) is 0 Å². The topological polar surface area (TPSA) is 98.8 Å². The zero-order valence-electron chi connectivity index (χ0n) is 15.5. The molecule has 1 aromatic rings. The monoisotopic (exact) mass is 394 g/mol. The Morgan fingerprint density at radius 3 is 2.41 bits per heavy atom. The summed E-state index contributed by atoms with van der Waals surface area (Å²) in [5.41, 5.74) is 0.344. The third kappa shape index (κ3) is 4.66. The van der Waals surface area contributed by atoms with Crippen LogP contribution in [0.15, 0.2) is 29.2 Å². The van der Waals surface area contributed by atoms with Gasteiger partial charge < -0.3 is 15.5 Å². The van der Waals surface area contributed by atoms with E-state index in [2.05, 4.69) is 10.6 Å². The first-order chi connectivity index (χ1) is 12.9. The molecule has 0 aliphatic carbocycles. The van der Waals surface area contributed by atoms with Crippen LogP contribution < -0.4 is 10.6 Å². The van der Waals surface area contributed by atoms with Crippen LogP contribution in [0.1, 0.15) is 30.1 Å². The lowest BCUT2D eigenvalue weighted by molar-refractivity contribution is -0.129. The molecule has 9 heteroatoms. The van der Waals surface area contributed by atoms with Crippen molar-refractivity contribution in [2.45, 2.75) is 30.7 Å². The predicted molar refractivity (Wildman–Crippen MR) is 101 cm³/mol. The highest BCUT2D eigenvalue weighted by atomic mass is 32.2. The number of amides is 2. The van der Waals surface area contributed by atoms with Gasteiger partial charge in [-0.3, -0.25) is 9.59 Å². The van der Waals surface area contributed by atoms with E-state index in [4.69, 9.17) is 0 Å². The molecule has 2 aliphatic rings. The number of hydrogen-bond donors (Lipinski definition) is 2. The second-order valence-corrected chi connectivity index (χ2v) is 8.87. The van der Waals surface area contributed by atoms with Gasteiger partial charge in [0.05, 0.1) is 4.90 Å². The van der Waals surface area contributed by atoms with E-state index in [-0.39, 0.29) is 35.8 Å². The summed E-state index contributed by atoms with van der Waals surface area (Å²) in [7, 11) is -3.69. The number of carbonyl (C=O) groups excluding carboxylic acids is 2. The maximum Gasteiger partial charge on any atom is 0.251 e. The van der Waals surface area contributed by atoms with Crippen LogP contribution in [0.5, 0.6) is 0 Å². The van der Waals surface area contributed by atoms with Crippen LogP contribution in [0.25, 0.3) is 0 Å². The molecule has 2 heterocycles. The summed E-state index contributed by atoms with van der Waals surface area (Å²) in [5, 5.41) is 6.22. The van der Waals surface area contributed by atoms with E-state index >= 15 is 0 Å². The number of hydrogen-bond acceptors (Lipinski definition) is 5. The van der Waals surface area contributed by atoms with E-state index in [1.807, 2.05) is 0 Å². The van der Waals surface area contributed by atoms with E-state index in [1.54, 1.807) is 17.0 Å². The minimum Gasteiger partial charge on any atom is -0.349 e. The Kier molecular flexibility index (Phi) is 6.13. The molecule has 2 aliphatic heterocycles. The maximum atomic E-state index is 12.9. The molecule has 0 saturated carbocycles. The molecule has 0 spiro atoms. The fourth-order valence-electron chi connectivity index (χ4n) is 3.43. The van der Waals surface area contributed by atoms with Crippen molar-refractivity contribution in [1.82, 2.24) is 19.8 Å². The highest BCUT2D eigenvalue weighted by Gasteiger charge is 2.29. The van der Waals surface area contributed by atoms with Gasteiger partial charge in [0.2, 0.25) is 15.9 Å². The number of piperazine rings is 1. The van der Waals surface area contributed by atoms with Gasteiger partial charge in [0, 0.05) is 44.7 Å². The van der Waals surface area contributed by atoms with E-state index < -0.39 is 10.0 Å². The number of piperidine rings is 1. The molecule has 0 radical (unpaired) electrons. The van der Waals surface area contributed by atoms with E-state index in [1.165, 1.54) is 23.4 Å². The Bertz CT molecular complexity index is 797. The summed E-state index contributed by atoms with van der Waals surface area (Å²) < 4.78 is 27.2. The van der Waals surface area contributed by atoms with Gasteiger partial charge in [-0.15, -0.1) is 0 Å². The lowest BCUT2D eigenvalue weighted by Crippen LogP contribution is -2.49. The van der Waals surface area contributed by atoms with Crippen molar-refractivity contribution in [2.75, 3.05) is 39.3 Å². The third-order valence-corrected chi connectivity index (χ3v) is 6.99. The summed E-state index contributed by atoms with van der Waals surface area (Å²) in [6, 6.07) is 6.27. The van der Waals surface area contributed by atoms with Crippen molar-refractivity contribution < 1.29 is 18.0 Å². The van der Waals surface area contributed by atoms with Gasteiger partial charge in [0.15, 0.2) is 0 Å². The molecule has 27 heavy (non-hydrogen) atoms. The first-order valence-corrected chi connectivity index (χ1v) is 10.7. The first kappa shape index (κ1) is 19.8. The average molecular weight is 394 g/mol. The number of rotatable bonds is 4. The van der Waals surface area contributed by atoms with E-state index in [0.29, 0.717) is 18.7 Å². The van der Waals surface area contributed by atoms with Gasteiger partial charge in [0.25, 0.3) is 5.91 Å². The van der Waals surface area contributed by atoms with Crippen molar-refractivity contribution in [3.05, 3.63) is 29.8 Å². The van der Waals surface area contributed by atoms with Crippen LogP contribution in [0.4, 0.5) is 0 Å². The van der Waals surface area contributed by atoms with Crippen molar-refractivity contribution >= 4 is 21.8 Å².